The van der Waals surface area contributed by atoms with Crippen LogP contribution < -0.4 is 16.0 Å². The third-order valence-corrected chi connectivity index (χ3v) is 6.42. The lowest BCUT2D eigenvalue weighted by molar-refractivity contribution is -0.141. The maximum absolute atomic E-state index is 13.4. The molecule has 0 bridgehead atoms. The van der Waals surface area contributed by atoms with Crippen molar-refractivity contribution in [2.75, 3.05) is 18.6 Å². The first-order valence-corrected chi connectivity index (χ1v) is 13.0. The largest absolute Gasteiger partial charge is 0.481 e. The first-order valence-electron chi connectivity index (χ1n) is 11.6. The summed E-state index contributed by atoms with van der Waals surface area (Å²) in [6.07, 6.45) is 2.66. The summed E-state index contributed by atoms with van der Waals surface area (Å²) in [4.78, 5) is 63.1. The van der Waals surface area contributed by atoms with Gasteiger partial charge in [0.05, 0.1) is 6.42 Å². The number of rotatable bonds is 13. The van der Waals surface area contributed by atoms with Crippen LogP contribution >= 0.6 is 11.8 Å². The Labute approximate surface area is 209 Å². The Morgan fingerprint density at radius 3 is 2.46 bits per heavy atom. The molecular formula is C24H34N4O6S. The molecule has 1 aliphatic rings. The summed E-state index contributed by atoms with van der Waals surface area (Å²) < 4.78 is 0. The molecule has 0 saturated carbocycles. The van der Waals surface area contributed by atoms with Crippen LogP contribution in [0, 0.1) is 0 Å². The van der Waals surface area contributed by atoms with E-state index >= 15 is 0 Å². The van der Waals surface area contributed by atoms with Gasteiger partial charge in [-0.2, -0.15) is 11.8 Å². The molecule has 0 aromatic heterocycles. The number of carboxylic acid groups (broad SMARTS) is 1. The lowest BCUT2D eigenvalue weighted by Crippen LogP contribution is -2.55. The molecular weight excluding hydrogens is 472 g/mol. The molecule has 11 heteroatoms. The molecule has 1 aromatic carbocycles. The third kappa shape index (κ3) is 8.57. The van der Waals surface area contributed by atoms with Gasteiger partial charge >= 0.3 is 5.97 Å². The van der Waals surface area contributed by atoms with E-state index in [0.29, 0.717) is 18.6 Å². The minimum atomic E-state index is -1.03. The number of likely N-dealkylation sites (tertiary alicyclic amines) is 1. The van der Waals surface area contributed by atoms with Crippen LogP contribution in [0.15, 0.2) is 30.3 Å². The zero-order valence-electron chi connectivity index (χ0n) is 20.3. The second-order valence-corrected chi connectivity index (χ2v) is 9.55. The first kappa shape index (κ1) is 28.2. The Bertz CT molecular complexity index is 913. The molecule has 192 valence electrons. The van der Waals surface area contributed by atoms with Gasteiger partial charge in [-0.25, -0.2) is 0 Å². The Hall–Kier alpha value is -3.08. The molecule has 10 nitrogen and oxygen atoms in total. The fourth-order valence-corrected chi connectivity index (χ4v) is 4.59. The second-order valence-electron chi connectivity index (χ2n) is 8.57. The van der Waals surface area contributed by atoms with Crippen molar-refractivity contribution in [3.63, 3.8) is 0 Å². The van der Waals surface area contributed by atoms with Gasteiger partial charge in [-0.3, -0.25) is 24.0 Å². The summed E-state index contributed by atoms with van der Waals surface area (Å²) in [5.74, 6) is -1.97. The summed E-state index contributed by atoms with van der Waals surface area (Å²) >= 11 is 1.55. The van der Waals surface area contributed by atoms with Gasteiger partial charge in [0, 0.05) is 25.9 Å². The van der Waals surface area contributed by atoms with Crippen molar-refractivity contribution >= 4 is 41.4 Å². The fraction of sp³-hybridized carbons (Fsp3) is 0.542. The van der Waals surface area contributed by atoms with Crippen molar-refractivity contribution in [2.45, 2.75) is 63.7 Å². The molecule has 1 fully saturated rings. The Morgan fingerprint density at radius 2 is 1.86 bits per heavy atom. The van der Waals surface area contributed by atoms with Crippen LogP contribution in [0.3, 0.4) is 0 Å². The van der Waals surface area contributed by atoms with Gasteiger partial charge in [0.2, 0.25) is 23.6 Å². The maximum atomic E-state index is 13.4. The molecule has 4 atom stereocenters. The molecule has 1 saturated heterocycles. The van der Waals surface area contributed by atoms with Crippen LogP contribution in [0.4, 0.5) is 0 Å². The average molecular weight is 507 g/mol. The Morgan fingerprint density at radius 1 is 1.17 bits per heavy atom. The van der Waals surface area contributed by atoms with Crippen LogP contribution in [0.5, 0.6) is 0 Å². The number of nitrogens with one attached hydrogen (secondary N) is 3. The van der Waals surface area contributed by atoms with E-state index in [1.807, 2.05) is 43.5 Å². The fourth-order valence-electron chi connectivity index (χ4n) is 4.12. The highest BCUT2D eigenvalue weighted by molar-refractivity contribution is 7.98. The van der Waals surface area contributed by atoms with Gasteiger partial charge in [0.25, 0.3) is 0 Å². The van der Waals surface area contributed by atoms with E-state index in [9.17, 15) is 24.0 Å². The zero-order valence-corrected chi connectivity index (χ0v) is 21.1. The monoisotopic (exact) mass is 506 g/mol. The van der Waals surface area contributed by atoms with Gasteiger partial charge < -0.3 is 26.0 Å². The molecule has 0 radical (unpaired) electrons. The molecule has 1 unspecified atom stereocenters. The lowest BCUT2D eigenvalue weighted by Gasteiger charge is -2.31. The number of aliphatic carboxylic acids is 1. The van der Waals surface area contributed by atoms with E-state index in [4.69, 9.17) is 5.11 Å². The predicted octanol–water partition coefficient (Wildman–Crippen LogP) is 0.552. The van der Waals surface area contributed by atoms with Crippen LogP contribution in [0.25, 0.3) is 0 Å². The summed E-state index contributed by atoms with van der Waals surface area (Å²) in [6.45, 7) is 3.09. The van der Waals surface area contributed by atoms with Crippen molar-refractivity contribution < 1.29 is 29.1 Å². The summed E-state index contributed by atoms with van der Waals surface area (Å²) in [7, 11) is 0. The minimum Gasteiger partial charge on any atom is -0.481 e. The average Bonchev–Trinajstić information content (AvgIpc) is 3.07. The molecule has 4 amide bonds. The van der Waals surface area contributed by atoms with Gasteiger partial charge in [-0.1, -0.05) is 30.3 Å². The summed E-state index contributed by atoms with van der Waals surface area (Å²) in [6, 6.07) is 6.45. The van der Waals surface area contributed by atoms with E-state index in [1.165, 1.54) is 11.8 Å². The number of amides is 4. The van der Waals surface area contributed by atoms with E-state index in [-0.39, 0.29) is 37.2 Å². The van der Waals surface area contributed by atoms with Crippen molar-refractivity contribution in [1.82, 2.24) is 20.9 Å². The van der Waals surface area contributed by atoms with Crippen molar-refractivity contribution in [3.8, 4) is 0 Å². The Balaban J connectivity index is 2.18. The van der Waals surface area contributed by atoms with Gasteiger partial charge in [-0.15, -0.1) is 0 Å². The smallest absolute Gasteiger partial charge is 0.305 e. The molecule has 35 heavy (non-hydrogen) atoms. The van der Waals surface area contributed by atoms with Gasteiger partial charge in [0.1, 0.15) is 18.1 Å². The van der Waals surface area contributed by atoms with Crippen LogP contribution in [-0.4, -0.2) is 82.3 Å². The highest BCUT2D eigenvalue weighted by Gasteiger charge is 2.44. The van der Waals surface area contributed by atoms with Crippen LogP contribution in [-0.2, 0) is 30.4 Å². The van der Waals surface area contributed by atoms with E-state index in [2.05, 4.69) is 16.0 Å². The number of carbonyl (C=O) groups is 5. The van der Waals surface area contributed by atoms with E-state index in [0.717, 1.165) is 5.56 Å². The van der Waals surface area contributed by atoms with Crippen LogP contribution in [0.1, 0.15) is 38.7 Å². The number of carboxylic acids is 1. The van der Waals surface area contributed by atoms with Crippen molar-refractivity contribution in [2.24, 2.45) is 0 Å². The predicted molar refractivity (Wildman–Crippen MR) is 133 cm³/mol. The zero-order chi connectivity index (χ0) is 26.0. The number of nitrogens with zero attached hydrogens (tertiary/aromatic N) is 1. The number of hydrogen-bond donors (Lipinski definition) is 4. The molecule has 4 N–H and O–H groups in total. The van der Waals surface area contributed by atoms with Crippen LogP contribution in [0.2, 0.25) is 0 Å². The van der Waals surface area contributed by atoms with Crippen molar-refractivity contribution in [1.29, 1.82) is 0 Å². The van der Waals surface area contributed by atoms with Crippen molar-refractivity contribution in [3.05, 3.63) is 35.9 Å². The molecule has 1 aliphatic heterocycles. The number of hydrogen-bond acceptors (Lipinski definition) is 6. The highest BCUT2D eigenvalue weighted by Crippen LogP contribution is 2.24. The molecule has 0 spiro atoms. The standard InChI is InChI=1S/C24H34N4O6S/c1-15-13-19(27-22(32)18(10-12-35-3)26-16(2)29)24(34)28(15)20(14-17-7-5-4-6-8-17)23(33)25-11-9-21(30)31/h4-8,15,18-20H,9-14H2,1-3H3,(H,25,33)(H,26,29)(H,27,32)(H,30,31)/t15?,18-,19-,20-/m0/s1. The number of carbonyl (C=O) groups excluding carboxylic acids is 4. The number of thioether (sulfide) groups is 1. The summed E-state index contributed by atoms with van der Waals surface area (Å²) in [5.41, 5.74) is 0.848. The first-order chi connectivity index (χ1) is 16.6. The quantitative estimate of drug-likeness (QED) is 0.306. The third-order valence-electron chi connectivity index (χ3n) is 5.77. The Kier molecular flexibility index (Phi) is 11.0. The molecule has 1 heterocycles. The topological polar surface area (TPSA) is 145 Å². The van der Waals surface area contributed by atoms with E-state index < -0.39 is 35.9 Å². The minimum absolute atomic E-state index is 0.0517. The second kappa shape index (κ2) is 13.7. The summed E-state index contributed by atoms with van der Waals surface area (Å²) in [5, 5.41) is 16.9. The normalized spacial score (nSPS) is 19.1. The SMILES string of the molecule is CSCC[C@H](NC(C)=O)C(=O)N[C@H]1CC(C)N([C@@H](Cc2ccccc2)C(=O)NCCC(=O)O)C1=O. The van der Waals surface area contributed by atoms with E-state index in [1.54, 1.807) is 11.8 Å². The molecule has 2 rings (SSSR count). The molecule has 1 aromatic rings. The highest BCUT2D eigenvalue weighted by atomic mass is 32.2. The van der Waals surface area contributed by atoms with Gasteiger partial charge in [0.15, 0.2) is 0 Å². The molecule has 0 aliphatic carbocycles. The maximum Gasteiger partial charge on any atom is 0.305 e. The lowest BCUT2D eigenvalue weighted by atomic mass is 10.0. The van der Waals surface area contributed by atoms with Gasteiger partial charge in [-0.05, 0) is 37.3 Å². The number of benzene rings is 1.